The number of halogens is 1. The summed E-state index contributed by atoms with van der Waals surface area (Å²) in [7, 11) is 0. The largest absolute Gasteiger partial charge is 1.00 e. The molecule has 0 aliphatic heterocycles. The molecule has 4 heteroatoms. The van der Waals surface area contributed by atoms with E-state index >= 15 is 0 Å². The number of rotatable bonds is 14. The van der Waals surface area contributed by atoms with Crippen molar-refractivity contribution < 1.29 is 27.9 Å². The van der Waals surface area contributed by atoms with Crippen molar-refractivity contribution in [1.29, 1.82) is 0 Å². The molecule has 4 N–H and O–H groups in total. The van der Waals surface area contributed by atoms with E-state index in [4.69, 9.17) is 0 Å². The molecule has 0 aromatic heterocycles. The monoisotopic (exact) mass is 433 g/mol. The van der Waals surface area contributed by atoms with Gasteiger partial charge in [0.2, 0.25) is 0 Å². The number of quaternary nitrogens is 1. The summed E-state index contributed by atoms with van der Waals surface area (Å²) in [6.07, 6.45) is 8.80. The fraction of sp³-hybridized carbons (Fsp3) is 0.538. The number of hydrogen-bond acceptors (Lipinski definition) is 2. The van der Waals surface area contributed by atoms with Crippen LogP contribution >= 0.6 is 0 Å². The Hall–Kier alpha value is -1.39. The molecule has 0 amide bonds. The third-order valence-corrected chi connectivity index (χ3v) is 5.80. The van der Waals surface area contributed by atoms with Crippen LogP contribution in [0.4, 0.5) is 0 Å². The molecular weight excluding hydrogens is 394 g/mol. The van der Waals surface area contributed by atoms with Gasteiger partial charge in [-0.1, -0.05) is 93.6 Å². The van der Waals surface area contributed by atoms with Gasteiger partial charge in [0.1, 0.15) is 12.1 Å². The Morgan fingerprint density at radius 2 is 1.43 bits per heavy atom. The van der Waals surface area contributed by atoms with E-state index in [1.54, 1.807) is 0 Å². The molecule has 2 aromatic carbocycles. The summed E-state index contributed by atoms with van der Waals surface area (Å²) >= 11 is 0. The lowest BCUT2D eigenvalue weighted by atomic mass is 10.0. The highest BCUT2D eigenvalue weighted by Gasteiger charge is 2.19. The molecule has 0 fully saturated rings. The molecule has 0 radical (unpaired) electrons. The lowest BCUT2D eigenvalue weighted by molar-refractivity contribution is -0.695. The van der Waals surface area contributed by atoms with Crippen LogP contribution in [0, 0.1) is 0 Å². The molecule has 3 nitrogen and oxygen atoms in total. The maximum Gasteiger partial charge on any atom is 0.130 e. The molecule has 30 heavy (non-hydrogen) atoms. The Balaban J connectivity index is 0.00000450. The summed E-state index contributed by atoms with van der Waals surface area (Å²) in [5.74, 6) is 0. The number of hydrogen-bond donors (Lipinski definition) is 3. The molecule has 0 heterocycles. The van der Waals surface area contributed by atoms with Crippen LogP contribution in [-0.2, 0) is 6.42 Å². The Morgan fingerprint density at radius 1 is 0.800 bits per heavy atom. The van der Waals surface area contributed by atoms with E-state index in [-0.39, 0.29) is 18.4 Å². The van der Waals surface area contributed by atoms with E-state index in [0.29, 0.717) is 6.42 Å². The van der Waals surface area contributed by atoms with Gasteiger partial charge in [-0.2, -0.15) is 0 Å². The van der Waals surface area contributed by atoms with Crippen molar-refractivity contribution in [3.63, 3.8) is 0 Å². The third kappa shape index (κ3) is 9.61. The van der Waals surface area contributed by atoms with E-state index in [1.165, 1.54) is 44.1 Å². The molecule has 3 atom stereocenters. The molecule has 0 aliphatic carbocycles. The Labute approximate surface area is 189 Å². The van der Waals surface area contributed by atoms with Crippen molar-refractivity contribution in [3.05, 3.63) is 71.3 Å². The topological polar surface area (TPSA) is 57.1 Å². The van der Waals surface area contributed by atoms with Gasteiger partial charge < -0.3 is 27.9 Å². The van der Waals surface area contributed by atoms with Crippen LogP contribution in [-0.4, -0.2) is 22.8 Å². The summed E-state index contributed by atoms with van der Waals surface area (Å²) in [4.78, 5) is 0. The van der Waals surface area contributed by atoms with Crippen molar-refractivity contribution in [2.75, 3.05) is 6.54 Å². The van der Waals surface area contributed by atoms with Gasteiger partial charge in [0.15, 0.2) is 0 Å². The van der Waals surface area contributed by atoms with Crippen LogP contribution in [0.3, 0.4) is 0 Å². The average Bonchev–Trinajstić information content (AvgIpc) is 2.76. The first-order chi connectivity index (χ1) is 14.1. The quantitative estimate of drug-likeness (QED) is 0.397. The highest BCUT2D eigenvalue weighted by Crippen LogP contribution is 2.18. The van der Waals surface area contributed by atoms with Crippen LogP contribution in [0.5, 0.6) is 0 Å². The SMILES string of the molecule is CCCCCCCCc1ccc(C(O)CC[NH2+]C(C)C(O)c2ccccc2)cc1.[Cl-]. The van der Waals surface area contributed by atoms with E-state index < -0.39 is 12.2 Å². The van der Waals surface area contributed by atoms with Crippen LogP contribution in [0.2, 0.25) is 0 Å². The number of aliphatic hydroxyl groups excluding tert-OH is 2. The van der Waals surface area contributed by atoms with Gasteiger partial charge in [0.05, 0.1) is 12.6 Å². The zero-order valence-corrected chi connectivity index (χ0v) is 19.4. The summed E-state index contributed by atoms with van der Waals surface area (Å²) in [6, 6.07) is 18.3. The Bertz CT molecular complexity index is 662. The van der Waals surface area contributed by atoms with E-state index in [1.807, 2.05) is 37.3 Å². The van der Waals surface area contributed by atoms with Gasteiger partial charge >= 0.3 is 0 Å². The van der Waals surface area contributed by atoms with Crippen LogP contribution in [0.15, 0.2) is 54.6 Å². The summed E-state index contributed by atoms with van der Waals surface area (Å²) in [5.41, 5.74) is 3.29. The first-order valence-electron chi connectivity index (χ1n) is 11.4. The van der Waals surface area contributed by atoms with Gasteiger partial charge in [-0.05, 0) is 36.5 Å². The molecular formula is C26H40ClNO2. The minimum absolute atomic E-state index is 0. The van der Waals surface area contributed by atoms with Gasteiger partial charge in [0.25, 0.3) is 0 Å². The molecule has 2 rings (SSSR count). The third-order valence-electron chi connectivity index (χ3n) is 5.80. The minimum Gasteiger partial charge on any atom is -1.00 e. The van der Waals surface area contributed by atoms with E-state index in [0.717, 1.165) is 24.1 Å². The van der Waals surface area contributed by atoms with Gasteiger partial charge in [-0.25, -0.2) is 0 Å². The second kappa shape index (κ2) is 15.4. The lowest BCUT2D eigenvalue weighted by Crippen LogP contribution is -3.00. The zero-order valence-electron chi connectivity index (χ0n) is 18.6. The fourth-order valence-corrected chi connectivity index (χ4v) is 3.78. The molecule has 0 aliphatic rings. The fourth-order valence-electron chi connectivity index (χ4n) is 3.78. The predicted molar refractivity (Wildman–Crippen MR) is 121 cm³/mol. The summed E-state index contributed by atoms with van der Waals surface area (Å²) in [6.45, 7) is 5.06. The van der Waals surface area contributed by atoms with Crippen molar-refractivity contribution in [1.82, 2.24) is 0 Å². The molecule has 0 saturated carbocycles. The average molecular weight is 434 g/mol. The molecule has 168 valence electrons. The van der Waals surface area contributed by atoms with Crippen molar-refractivity contribution in [2.24, 2.45) is 0 Å². The standard InChI is InChI=1S/C26H39NO2.ClH/c1-3-4-5-6-7-9-12-22-15-17-23(18-16-22)25(28)19-20-27-21(2)26(29)24-13-10-8-11-14-24;/h8,10-11,13-18,21,25-29H,3-7,9,12,19-20H2,1-2H3;1H. The highest BCUT2D eigenvalue weighted by molar-refractivity contribution is 5.24. The molecule has 0 bridgehead atoms. The first-order valence-corrected chi connectivity index (χ1v) is 11.4. The van der Waals surface area contributed by atoms with Crippen molar-refractivity contribution in [3.8, 4) is 0 Å². The molecule has 0 spiro atoms. The van der Waals surface area contributed by atoms with Crippen LogP contribution in [0.1, 0.15) is 87.7 Å². The van der Waals surface area contributed by atoms with Crippen LogP contribution in [0.25, 0.3) is 0 Å². The summed E-state index contributed by atoms with van der Waals surface area (Å²) < 4.78 is 0. The second-order valence-electron chi connectivity index (χ2n) is 8.30. The molecule has 2 aromatic rings. The van der Waals surface area contributed by atoms with Crippen molar-refractivity contribution >= 4 is 0 Å². The predicted octanol–water partition coefficient (Wildman–Crippen LogP) is 1.70. The molecule has 3 unspecified atom stereocenters. The normalized spacial score (nSPS) is 14.0. The number of nitrogens with two attached hydrogens (primary N) is 1. The summed E-state index contributed by atoms with van der Waals surface area (Å²) in [5, 5.41) is 23.1. The first kappa shape index (κ1) is 26.6. The van der Waals surface area contributed by atoms with Gasteiger partial charge in [0, 0.05) is 6.42 Å². The second-order valence-corrected chi connectivity index (χ2v) is 8.30. The zero-order chi connectivity index (χ0) is 20.9. The smallest absolute Gasteiger partial charge is 0.130 e. The van der Waals surface area contributed by atoms with Gasteiger partial charge in [-0.15, -0.1) is 0 Å². The number of aryl methyl sites for hydroxylation is 1. The number of benzene rings is 2. The minimum atomic E-state index is -0.491. The van der Waals surface area contributed by atoms with E-state index in [2.05, 4.69) is 36.5 Å². The van der Waals surface area contributed by atoms with Gasteiger partial charge in [-0.3, -0.25) is 0 Å². The van der Waals surface area contributed by atoms with Crippen molar-refractivity contribution in [2.45, 2.75) is 83.5 Å². The Morgan fingerprint density at radius 3 is 2.10 bits per heavy atom. The number of aliphatic hydroxyl groups is 2. The number of unbranched alkanes of at least 4 members (excludes halogenated alkanes) is 5. The molecule has 0 saturated heterocycles. The maximum absolute atomic E-state index is 10.5. The van der Waals surface area contributed by atoms with Crippen LogP contribution < -0.4 is 17.7 Å². The lowest BCUT2D eigenvalue weighted by Gasteiger charge is -2.19. The maximum atomic E-state index is 10.5. The Kier molecular flexibility index (Phi) is 13.7. The highest BCUT2D eigenvalue weighted by atomic mass is 35.5. The van der Waals surface area contributed by atoms with E-state index in [9.17, 15) is 10.2 Å².